The maximum Gasteiger partial charge on any atom is 0.270 e. The highest BCUT2D eigenvalue weighted by Gasteiger charge is 2.25. The fourth-order valence-electron chi connectivity index (χ4n) is 1.92. The molecule has 5 heteroatoms. The molecule has 0 bridgehead atoms. The molecule has 0 spiro atoms. The van der Waals surface area contributed by atoms with Crippen LogP contribution in [-0.2, 0) is 10.1 Å². The van der Waals surface area contributed by atoms with Crippen molar-refractivity contribution < 1.29 is 18.1 Å². The molecule has 2 atom stereocenters. The third kappa shape index (κ3) is 8.89. The van der Waals surface area contributed by atoms with Crippen molar-refractivity contribution in [2.75, 3.05) is 0 Å². The largest absolute Gasteiger partial charge is 0.392 e. The van der Waals surface area contributed by atoms with E-state index in [1.165, 1.54) is 39.0 Å². The van der Waals surface area contributed by atoms with E-state index in [0.717, 1.165) is 19.3 Å². The first-order valence-corrected chi connectivity index (χ1v) is 8.54. The van der Waals surface area contributed by atoms with Gasteiger partial charge in [0.2, 0.25) is 0 Å². The molecule has 0 aromatic carbocycles. The highest BCUT2D eigenvalue weighted by Crippen LogP contribution is 2.14. The average molecular weight is 280 g/mol. The van der Waals surface area contributed by atoms with Crippen LogP contribution in [0, 0.1) is 0 Å². The summed E-state index contributed by atoms with van der Waals surface area (Å²) in [5, 5.41) is 8.51. The van der Waals surface area contributed by atoms with Crippen LogP contribution in [0.25, 0.3) is 0 Å². The second kappa shape index (κ2) is 9.75. The van der Waals surface area contributed by atoms with Crippen molar-refractivity contribution in [1.82, 2.24) is 0 Å². The van der Waals surface area contributed by atoms with Gasteiger partial charge in [-0.05, 0) is 13.3 Å². The minimum Gasteiger partial charge on any atom is -0.392 e. The minimum absolute atomic E-state index is 0.440. The summed E-state index contributed by atoms with van der Waals surface area (Å²) >= 11 is 0. The highest BCUT2D eigenvalue weighted by molar-refractivity contribution is 7.86. The van der Waals surface area contributed by atoms with E-state index >= 15 is 0 Å². The van der Waals surface area contributed by atoms with Gasteiger partial charge in [0.1, 0.15) is 5.25 Å². The van der Waals surface area contributed by atoms with Gasteiger partial charge in [-0.1, -0.05) is 58.3 Å². The second-order valence-electron chi connectivity index (χ2n) is 5.05. The molecule has 18 heavy (non-hydrogen) atoms. The zero-order valence-electron chi connectivity index (χ0n) is 11.6. The minimum atomic E-state index is -4.11. The van der Waals surface area contributed by atoms with Crippen molar-refractivity contribution in [3.63, 3.8) is 0 Å². The van der Waals surface area contributed by atoms with Crippen molar-refractivity contribution >= 4 is 10.1 Å². The van der Waals surface area contributed by atoms with Gasteiger partial charge in [0, 0.05) is 0 Å². The molecule has 0 fully saturated rings. The Balaban J connectivity index is 3.49. The maximum atomic E-state index is 10.8. The monoisotopic (exact) mass is 280 g/mol. The molecule has 0 heterocycles. The Hall–Kier alpha value is -0.130. The van der Waals surface area contributed by atoms with Gasteiger partial charge in [-0.2, -0.15) is 8.42 Å². The third-order valence-electron chi connectivity index (χ3n) is 3.37. The van der Waals surface area contributed by atoms with Crippen molar-refractivity contribution in [3.8, 4) is 0 Å². The molecule has 0 rings (SSSR count). The Morgan fingerprint density at radius 1 is 0.944 bits per heavy atom. The number of unbranched alkanes of at least 4 members (excludes halogenated alkanes) is 7. The zero-order chi connectivity index (χ0) is 14.0. The number of hydrogen-bond donors (Lipinski definition) is 2. The van der Waals surface area contributed by atoms with Crippen LogP contribution in [0.1, 0.15) is 71.6 Å². The Morgan fingerprint density at radius 2 is 1.39 bits per heavy atom. The highest BCUT2D eigenvalue weighted by atomic mass is 32.2. The molecule has 0 aliphatic rings. The Morgan fingerprint density at radius 3 is 1.83 bits per heavy atom. The Kier molecular flexibility index (Phi) is 9.68. The number of aliphatic hydroxyl groups is 1. The first-order valence-electron chi connectivity index (χ1n) is 7.04. The van der Waals surface area contributed by atoms with E-state index in [9.17, 15) is 13.5 Å². The summed E-state index contributed by atoms with van der Waals surface area (Å²) in [7, 11) is -4.11. The van der Waals surface area contributed by atoms with Crippen molar-refractivity contribution in [1.29, 1.82) is 0 Å². The fourth-order valence-corrected chi connectivity index (χ4v) is 2.45. The lowest BCUT2D eigenvalue weighted by Gasteiger charge is -2.15. The fraction of sp³-hybridized carbons (Fsp3) is 1.00. The molecule has 0 saturated heterocycles. The molecule has 0 amide bonds. The summed E-state index contributed by atoms with van der Waals surface area (Å²) in [4.78, 5) is 0. The average Bonchev–Trinajstić information content (AvgIpc) is 2.30. The van der Waals surface area contributed by atoms with E-state index in [4.69, 9.17) is 4.55 Å². The van der Waals surface area contributed by atoms with Crippen LogP contribution in [0.15, 0.2) is 0 Å². The topological polar surface area (TPSA) is 74.6 Å². The summed E-state index contributed by atoms with van der Waals surface area (Å²) in [6, 6.07) is 0. The van der Waals surface area contributed by atoms with Gasteiger partial charge in [-0.3, -0.25) is 4.55 Å². The molecule has 0 aliphatic carbocycles. The van der Waals surface area contributed by atoms with Gasteiger partial charge in [-0.15, -0.1) is 0 Å². The molecule has 2 N–H and O–H groups in total. The first kappa shape index (κ1) is 17.9. The van der Waals surface area contributed by atoms with Gasteiger partial charge >= 0.3 is 0 Å². The van der Waals surface area contributed by atoms with Crippen LogP contribution in [0.2, 0.25) is 0 Å². The molecule has 0 aromatic rings. The van der Waals surface area contributed by atoms with Crippen molar-refractivity contribution in [2.45, 2.75) is 83.0 Å². The number of hydrogen-bond acceptors (Lipinski definition) is 3. The van der Waals surface area contributed by atoms with Crippen LogP contribution in [0.4, 0.5) is 0 Å². The van der Waals surface area contributed by atoms with Crippen LogP contribution in [-0.4, -0.2) is 29.4 Å². The molecular weight excluding hydrogens is 252 g/mol. The maximum absolute atomic E-state index is 10.8. The van der Waals surface area contributed by atoms with Gasteiger partial charge in [0.15, 0.2) is 0 Å². The van der Waals surface area contributed by atoms with Gasteiger partial charge in [-0.25, -0.2) is 0 Å². The van der Waals surface area contributed by atoms with E-state index in [-0.39, 0.29) is 0 Å². The van der Waals surface area contributed by atoms with Crippen LogP contribution >= 0.6 is 0 Å². The van der Waals surface area contributed by atoms with E-state index < -0.39 is 21.5 Å². The van der Waals surface area contributed by atoms with Gasteiger partial charge in [0.05, 0.1) is 6.10 Å². The molecular formula is C13H28O4S. The van der Waals surface area contributed by atoms with Crippen LogP contribution in [0.5, 0.6) is 0 Å². The first-order chi connectivity index (χ1) is 8.39. The lowest BCUT2D eigenvalue weighted by atomic mass is 10.0. The SMILES string of the molecule is CCCCCCCCCCC(O)C(C)S(=O)(=O)O. The molecule has 0 aliphatic heterocycles. The normalized spacial score (nSPS) is 15.6. The Labute approximate surface area is 112 Å². The van der Waals surface area contributed by atoms with Crippen LogP contribution in [0.3, 0.4) is 0 Å². The molecule has 4 nitrogen and oxygen atoms in total. The van der Waals surface area contributed by atoms with Crippen molar-refractivity contribution in [3.05, 3.63) is 0 Å². The summed E-state index contributed by atoms with van der Waals surface area (Å²) < 4.78 is 30.4. The molecule has 0 radical (unpaired) electrons. The lowest BCUT2D eigenvalue weighted by Crippen LogP contribution is -2.30. The lowest BCUT2D eigenvalue weighted by molar-refractivity contribution is 0.155. The number of rotatable bonds is 11. The predicted molar refractivity (Wildman–Crippen MR) is 74.2 cm³/mol. The standard InChI is InChI=1S/C13H28O4S/c1-3-4-5-6-7-8-9-10-11-13(14)12(2)18(15,16)17/h12-14H,3-11H2,1-2H3,(H,15,16,17). The second-order valence-corrected chi connectivity index (χ2v) is 6.82. The van der Waals surface area contributed by atoms with Crippen molar-refractivity contribution in [2.24, 2.45) is 0 Å². The molecule has 2 unspecified atom stereocenters. The molecule has 0 aromatic heterocycles. The predicted octanol–water partition coefficient (Wildman–Crippen LogP) is 3.15. The van der Waals surface area contributed by atoms with E-state index in [2.05, 4.69) is 6.92 Å². The smallest absolute Gasteiger partial charge is 0.270 e. The van der Waals surface area contributed by atoms with Crippen LogP contribution < -0.4 is 0 Å². The van der Waals surface area contributed by atoms with Gasteiger partial charge < -0.3 is 5.11 Å². The van der Waals surface area contributed by atoms with Gasteiger partial charge in [0.25, 0.3) is 10.1 Å². The summed E-state index contributed by atoms with van der Waals surface area (Å²) in [6.07, 6.45) is 8.76. The van der Waals surface area contributed by atoms with E-state index in [0.29, 0.717) is 6.42 Å². The number of aliphatic hydroxyl groups excluding tert-OH is 1. The third-order valence-corrected chi connectivity index (χ3v) is 4.62. The summed E-state index contributed by atoms with van der Waals surface area (Å²) in [5.74, 6) is 0. The quantitative estimate of drug-likeness (QED) is 0.450. The molecule has 0 saturated carbocycles. The van der Waals surface area contributed by atoms with E-state index in [1.807, 2.05) is 0 Å². The Bertz CT molecular complexity index is 287. The van der Waals surface area contributed by atoms with E-state index in [1.54, 1.807) is 0 Å². The molecule has 110 valence electrons. The summed E-state index contributed by atoms with van der Waals surface area (Å²) in [5.41, 5.74) is 0. The summed E-state index contributed by atoms with van der Waals surface area (Å²) in [6.45, 7) is 3.53. The zero-order valence-corrected chi connectivity index (χ0v) is 12.5.